The van der Waals surface area contributed by atoms with E-state index in [4.69, 9.17) is 5.73 Å². The van der Waals surface area contributed by atoms with E-state index in [0.29, 0.717) is 13.1 Å². The van der Waals surface area contributed by atoms with Crippen molar-refractivity contribution >= 4 is 11.7 Å². The zero-order valence-corrected chi connectivity index (χ0v) is 23.3. The molecule has 0 aromatic heterocycles. The van der Waals surface area contributed by atoms with Crippen LogP contribution >= 0.6 is 0 Å². The summed E-state index contributed by atoms with van der Waals surface area (Å²) < 4.78 is 0. The van der Waals surface area contributed by atoms with Crippen molar-refractivity contribution in [1.29, 1.82) is 0 Å². The van der Waals surface area contributed by atoms with Crippen molar-refractivity contribution in [3.05, 3.63) is 90.0 Å². The Morgan fingerprint density at radius 1 is 0.778 bits per heavy atom. The van der Waals surface area contributed by atoms with E-state index in [1.807, 2.05) is 70.2 Å². The number of nitrogens with two attached hydrogens (primary N) is 1. The van der Waals surface area contributed by atoms with Gasteiger partial charge in [-0.1, -0.05) is 121 Å². The molecule has 196 valence electrons. The largest absolute Gasteiger partial charge is 0.334 e. The molecular weight excluding hydrogens is 442 g/mol. The summed E-state index contributed by atoms with van der Waals surface area (Å²) in [4.78, 5) is 14.8. The van der Waals surface area contributed by atoms with Gasteiger partial charge in [-0.05, 0) is 47.2 Å². The Balaban J connectivity index is 0.00000154. The van der Waals surface area contributed by atoms with Gasteiger partial charge in [-0.15, -0.1) is 0 Å². The fourth-order valence-electron chi connectivity index (χ4n) is 3.86. The summed E-state index contributed by atoms with van der Waals surface area (Å²) in [7, 11) is 0. The van der Waals surface area contributed by atoms with Gasteiger partial charge in [0.25, 0.3) is 0 Å². The summed E-state index contributed by atoms with van der Waals surface area (Å²) in [5.74, 6) is 0. The third-order valence-corrected chi connectivity index (χ3v) is 5.61. The van der Waals surface area contributed by atoms with Crippen molar-refractivity contribution in [1.82, 2.24) is 5.32 Å². The summed E-state index contributed by atoms with van der Waals surface area (Å²) in [6.45, 7) is 13.3. The van der Waals surface area contributed by atoms with Crippen molar-refractivity contribution in [3.63, 3.8) is 0 Å². The van der Waals surface area contributed by atoms with Gasteiger partial charge >= 0.3 is 6.03 Å². The Morgan fingerprint density at radius 3 is 1.86 bits per heavy atom. The molecule has 0 fully saturated rings. The van der Waals surface area contributed by atoms with E-state index in [0.717, 1.165) is 42.5 Å². The van der Waals surface area contributed by atoms with Crippen LogP contribution in [0, 0.1) is 0 Å². The fraction of sp³-hybridized carbons (Fsp3) is 0.406. The Bertz CT molecular complexity index is 953. The van der Waals surface area contributed by atoms with E-state index >= 15 is 0 Å². The molecule has 1 atom stereocenters. The first-order valence-electron chi connectivity index (χ1n) is 13.6. The number of carbonyl (C=O) groups excluding carboxylic acids is 1. The van der Waals surface area contributed by atoms with Gasteiger partial charge in [-0.2, -0.15) is 0 Å². The molecule has 3 aromatic rings. The number of hydrogen-bond acceptors (Lipinski definition) is 2. The van der Waals surface area contributed by atoms with E-state index in [-0.39, 0.29) is 12.1 Å². The van der Waals surface area contributed by atoms with Crippen LogP contribution in [0.1, 0.15) is 71.9 Å². The zero-order chi connectivity index (χ0) is 26.8. The lowest BCUT2D eigenvalue weighted by atomic mass is 10.0. The molecule has 0 aliphatic rings. The maximum atomic E-state index is 13.1. The minimum atomic E-state index is -0.128. The van der Waals surface area contributed by atoms with E-state index in [1.165, 1.54) is 11.1 Å². The second kappa shape index (κ2) is 18.2. The number of amides is 2. The normalized spacial score (nSPS) is 10.8. The lowest BCUT2D eigenvalue weighted by molar-refractivity contribution is 0.245. The molecule has 1 unspecified atom stereocenters. The molecule has 0 aliphatic carbocycles. The molecule has 3 N–H and O–H groups in total. The molecular formula is C32H47N3O. The van der Waals surface area contributed by atoms with Gasteiger partial charge in [0.05, 0.1) is 0 Å². The van der Waals surface area contributed by atoms with Gasteiger partial charge in [0, 0.05) is 24.8 Å². The lowest BCUT2D eigenvalue weighted by Gasteiger charge is -2.26. The number of urea groups is 1. The predicted octanol–water partition coefficient (Wildman–Crippen LogP) is 8.20. The maximum absolute atomic E-state index is 13.1. The highest BCUT2D eigenvalue weighted by Crippen LogP contribution is 2.24. The highest BCUT2D eigenvalue weighted by molar-refractivity contribution is 5.92. The summed E-state index contributed by atoms with van der Waals surface area (Å²) in [5, 5.41) is 3.04. The average molecular weight is 490 g/mol. The van der Waals surface area contributed by atoms with Crippen LogP contribution in [0.3, 0.4) is 0 Å². The van der Waals surface area contributed by atoms with Crippen LogP contribution in [0.25, 0.3) is 11.1 Å². The van der Waals surface area contributed by atoms with Crippen LogP contribution in [0.4, 0.5) is 10.5 Å². The Morgan fingerprint density at radius 2 is 1.33 bits per heavy atom. The quantitative estimate of drug-likeness (QED) is 0.301. The molecule has 0 saturated heterocycles. The average Bonchev–Trinajstić information content (AvgIpc) is 2.94. The first-order valence-corrected chi connectivity index (χ1v) is 13.6. The molecule has 0 spiro atoms. The molecule has 0 heterocycles. The number of rotatable bonds is 10. The minimum Gasteiger partial charge on any atom is -0.334 e. The predicted molar refractivity (Wildman–Crippen MR) is 157 cm³/mol. The topological polar surface area (TPSA) is 58.4 Å². The smallest absolute Gasteiger partial charge is 0.322 e. The number of nitrogens with one attached hydrogen (secondary N) is 1. The van der Waals surface area contributed by atoms with Crippen molar-refractivity contribution in [2.75, 3.05) is 11.4 Å². The zero-order valence-electron chi connectivity index (χ0n) is 23.3. The monoisotopic (exact) mass is 489 g/mol. The van der Waals surface area contributed by atoms with Gasteiger partial charge in [-0.3, -0.25) is 4.90 Å². The molecule has 2 amide bonds. The van der Waals surface area contributed by atoms with Crippen molar-refractivity contribution in [2.24, 2.45) is 5.73 Å². The second-order valence-corrected chi connectivity index (χ2v) is 8.30. The third-order valence-electron chi connectivity index (χ3n) is 5.61. The van der Waals surface area contributed by atoms with Crippen LogP contribution < -0.4 is 16.0 Å². The van der Waals surface area contributed by atoms with Crippen molar-refractivity contribution < 1.29 is 4.79 Å². The number of anilines is 1. The number of benzene rings is 3. The van der Waals surface area contributed by atoms with E-state index < -0.39 is 0 Å². The molecule has 4 heteroatoms. The van der Waals surface area contributed by atoms with Crippen LogP contribution in [0.15, 0.2) is 78.9 Å². The first kappa shape index (κ1) is 30.9. The van der Waals surface area contributed by atoms with E-state index in [9.17, 15) is 4.79 Å². The Hall–Kier alpha value is -3.11. The number of nitrogens with zero attached hydrogens (tertiary/aromatic N) is 1. The SMILES string of the molecule is CC.CC.CCCc1ccc(-c2ccc(N(CC(N)CCC)C(=O)NCc3ccccc3)cc2)cc1. The summed E-state index contributed by atoms with van der Waals surface area (Å²) in [6, 6.07) is 26.6. The number of hydrogen-bond donors (Lipinski definition) is 2. The summed E-state index contributed by atoms with van der Waals surface area (Å²) in [5.41, 5.74) is 11.9. The minimum absolute atomic E-state index is 0.0618. The van der Waals surface area contributed by atoms with E-state index in [1.54, 1.807) is 4.90 Å². The van der Waals surface area contributed by atoms with Gasteiger partial charge in [0.1, 0.15) is 0 Å². The fourth-order valence-corrected chi connectivity index (χ4v) is 3.86. The van der Waals surface area contributed by atoms with Crippen LogP contribution in [-0.4, -0.2) is 18.6 Å². The second-order valence-electron chi connectivity index (χ2n) is 8.30. The van der Waals surface area contributed by atoms with Gasteiger partial charge in [0.2, 0.25) is 0 Å². The van der Waals surface area contributed by atoms with Crippen LogP contribution in [0.5, 0.6) is 0 Å². The number of aryl methyl sites for hydroxylation is 1. The van der Waals surface area contributed by atoms with Crippen LogP contribution in [-0.2, 0) is 13.0 Å². The highest BCUT2D eigenvalue weighted by Gasteiger charge is 2.18. The third kappa shape index (κ3) is 10.2. The molecule has 3 rings (SSSR count). The molecule has 0 saturated carbocycles. The standard InChI is InChI=1S/C28H35N3O.2C2H6/c1-3-8-22-12-14-24(15-13-22)25-16-18-27(19-17-25)31(21-26(29)9-4-2)28(32)30-20-23-10-6-5-7-11-23;2*1-2/h5-7,10-19,26H,3-4,8-9,20-21,29H2,1-2H3,(H,30,32);2*1-2H3. The summed E-state index contributed by atoms with van der Waals surface area (Å²) in [6.07, 6.45) is 4.12. The van der Waals surface area contributed by atoms with Crippen molar-refractivity contribution in [3.8, 4) is 11.1 Å². The summed E-state index contributed by atoms with van der Waals surface area (Å²) >= 11 is 0. The molecule has 0 radical (unpaired) electrons. The van der Waals surface area contributed by atoms with E-state index in [2.05, 4.69) is 55.6 Å². The van der Waals surface area contributed by atoms with Gasteiger partial charge in [0.15, 0.2) is 0 Å². The first-order chi connectivity index (χ1) is 17.6. The Labute approximate surface area is 219 Å². The lowest BCUT2D eigenvalue weighted by Crippen LogP contribution is -2.46. The maximum Gasteiger partial charge on any atom is 0.322 e. The molecule has 4 nitrogen and oxygen atoms in total. The van der Waals surface area contributed by atoms with Crippen LogP contribution in [0.2, 0.25) is 0 Å². The van der Waals surface area contributed by atoms with Gasteiger partial charge in [-0.25, -0.2) is 4.79 Å². The number of carbonyl (C=O) groups is 1. The molecule has 0 aliphatic heterocycles. The van der Waals surface area contributed by atoms with Crippen molar-refractivity contribution in [2.45, 2.75) is 79.8 Å². The Kier molecular flexibility index (Phi) is 15.6. The highest BCUT2D eigenvalue weighted by atomic mass is 16.2. The molecule has 36 heavy (non-hydrogen) atoms. The molecule has 0 bridgehead atoms. The van der Waals surface area contributed by atoms with Gasteiger partial charge < -0.3 is 11.1 Å². The molecule has 3 aromatic carbocycles.